The molecule has 2 aromatic rings. The van der Waals surface area contributed by atoms with Gasteiger partial charge in [0.15, 0.2) is 0 Å². The number of hydrogen-bond acceptors (Lipinski definition) is 6. The summed E-state index contributed by atoms with van der Waals surface area (Å²) >= 11 is 0. The lowest BCUT2D eigenvalue weighted by Crippen LogP contribution is -2.43. The van der Waals surface area contributed by atoms with E-state index < -0.39 is 10.5 Å². The van der Waals surface area contributed by atoms with Crippen molar-refractivity contribution < 1.29 is 14.5 Å². The average Bonchev–Trinajstić information content (AvgIpc) is 2.71. The lowest BCUT2D eigenvalue weighted by atomic mass is 9.96. The quantitative estimate of drug-likeness (QED) is 0.597. The van der Waals surface area contributed by atoms with Gasteiger partial charge in [0.1, 0.15) is 12.4 Å². The fourth-order valence-electron chi connectivity index (χ4n) is 3.16. The van der Waals surface area contributed by atoms with E-state index in [1.54, 1.807) is 17.2 Å². The first kappa shape index (κ1) is 20.2. The molecule has 2 amide bonds. The zero-order chi connectivity index (χ0) is 21.0. The number of pyridine rings is 2. The van der Waals surface area contributed by atoms with E-state index in [4.69, 9.17) is 0 Å². The maximum atomic E-state index is 12.5. The van der Waals surface area contributed by atoms with Crippen molar-refractivity contribution in [3.8, 4) is 0 Å². The van der Waals surface area contributed by atoms with E-state index in [0.29, 0.717) is 31.7 Å². The number of carbonyl (C=O) groups excluding carboxylic acids is 2. The highest BCUT2D eigenvalue weighted by molar-refractivity contribution is 5.91. The van der Waals surface area contributed by atoms with Gasteiger partial charge in [-0.1, -0.05) is 6.07 Å². The molecule has 3 rings (SSSR count). The Labute approximate surface area is 166 Å². The third kappa shape index (κ3) is 5.03. The molecule has 0 atom stereocenters. The number of aromatic nitrogens is 2. The van der Waals surface area contributed by atoms with Crippen LogP contribution in [0.1, 0.15) is 18.4 Å². The van der Waals surface area contributed by atoms with E-state index in [9.17, 15) is 24.5 Å². The number of rotatable bonds is 5. The van der Waals surface area contributed by atoms with E-state index in [0.717, 1.165) is 28.5 Å². The molecule has 2 aromatic heterocycles. The Balaban J connectivity index is 1.55. The van der Waals surface area contributed by atoms with Crippen molar-refractivity contribution in [3.05, 3.63) is 62.7 Å². The molecule has 0 aliphatic carbocycles. The van der Waals surface area contributed by atoms with Crippen LogP contribution in [0.3, 0.4) is 0 Å². The van der Waals surface area contributed by atoms with Crippen LogP contribution in [0.2, 0.25) is 0 Å². The average molecular weight is 399 g/mol. The van der Waals surface area contributed by atoms with E-state index in [-0.39, 0.29) is 30.0 Å². The predicted octanol–water partition coefficient (Wildman–Crippen LogP) is 1.34. The van der Waals surface area contributed by atoms with Gasteiger partial charge in [-0.15, -0.1) is 0 Å². The molecule has 1 N–H and O–H groups in total. The van der Waals surface area contributed by atoms with Crippen molar-refractivity contribution in [2.75, 3.05) is 18.4 Å². The molecule has 0 saturated carbocycles. The standard InChI is InChI=1S/C19H21N5O5/c1-13-2-4-16(20-10-13)21-19(27)14-6-8-22(9-7-14)18(26)12-23-11-15(24(28)29)3-5-17(23)25/h2-5,10-11,14H,6-9,12H2,1H3,(H,20,21,27). The molecule has 1 fully saturated rings. The van der Waals surface area contributed by atoms with Crippen LogP contribution in [0, 0.1) is 23.0 Å². The fourth-order valence-corrected chi connectivity index (χ4v) is 3.16. The number of nitro groups is 1. The number of amides is 2. The van der Waals surface area contributed by atoms with Crippen molar-refractivity contribution in [3.63, 3.8) is 0 Å². The van der Waals surface area contributed by atoms with Crippen LogP contribution >= 0.6 is 0 Å². The second kappa shape index (κ2) is 8.63. The van der Waals surface area contributed by atoms with Crippen molar-refractivity contribution in [1.82, 2.24) is 14.5 Å². The molecule has 3 heterocycles. The van der Waals surface area contributed by atoms with Gasteiger partial charge >= 0.3 is 0 Å². The summed E-state index contributed by atoms with van der Waals surface area (Å²) in [4.78, 5) is 52.7. The van der Waals surface area contributed by atoms with Crippen molar-refractivity contribution in [1.29, 1.82) is 0 Å². The fraction of sp³-hybridized carbons (Fsp3) is 0.368. The third-order valence-corrected chi connectivity index (χ3v) is 4.87. The molecule has 0 aromatic carbocycles. The SMILES string of the molecule is Cc1ccc(NC(=O)C2CCN(C(=O)Cn3cc([N+](=O)[O-])ccc3=O)CC2)nc1. The van der Waals surface area contributed by atoms with E-state index in [2.05, 4.69) is 10.3 Å². The topological polar surface area (TPSA) is 127 Å². The largest absolute Gasteiger partial charge is 0.341 e. The summed E-state index contributed by atoms with van der Waals surface area (Å²) in [6.45, 7) is 2.39. The van der Waals surface area contributed by atoms with Crippen LogP contribution in [0.5, 0.6) is 0 Å². The van der Waals surface area contributed by atoms with Gasteiger partial charge in [0, 0.05) is 37.3 Å². The Hall–Kier alpha value is -3.56. The Bertz CT molecular complexity index is 977. The number of anilines is 1. The number of carbonyl (C=O) groups is 2. The molecule has 29 heavy (non-hydrogen) atoms. The maximum absolute atomic E-state index is 12.5. The van der Waals surface area contributed by atoms with Crippen LogP contribution in [0.15, 0.2) is 41.5 Å². The van der Waals surface area contributed by atoms with Crippen molar-refractivity contribution >= 4 is 23.3 Å². The van der Waals surface area contributed by atoms with E-state index >= 15 is 0 Å². The van der Waals surface area contributed by atoms with Gasteiger partial charge < -0.3 is 10.2 Å². The molecular weight excluding hydrogens is 378 g/mol. The molecule has 1 aliphatic heterocycles. The van der Waals surface area contributed by atoms with E-state index in [1.165, 1.54) is 0 Å². The normalized spacial score (nSPS) is 14.4. The summed E-state index contributed by atoms with van der Waals surface area (Å²) in [6, 6.07) is 5.78. The predicted molar refractivity (Wildman–Crippen MR) is 104 cm³/mol. The summed E-state index contributed by atoms with van der Waals surface area (Å²) in [7, 11) is 0. The Morgan fingerprint density at radius 3 is 2.59 bits per heavy atom. The molecule has 10 nitrogen and oxygen atoms in total. The molecule has 10 heteroatoms. The summed E-state index contributed by atoms with van der Waals surface area (Å²) in [5, 5.41) is 13.6. The number of nitrogens with one attached hydrogen (secondary N) is 1. The Morgan fingerprint density at radius 2 is 1.97 bits per heavy atom. The van der Waals surface area contributed by atoms with Crippen molar-refractivity contribution in [2.45, 2.75) is 26.3 Å². The van der Waals surface area contributed by atoms with Gasteiger partial charge in [-0.25, -0.2) is 4.98 Å². The van der Waals surface area contributed by atoms with E-state index in [1.807, 2.05) is 13.0 Å². The summed E-state index contributed by atoms with van der Waals surface area (Å²) < 4.78 is 1.03. The molecule has 0 spiro atoms. The number of piperidine rings is 1. The van der Waals surface area contributed by atoms with Crippen LogP contribution in [0.4, 0.5) is 11.5 Å². The minimum atomic E-state index is -0.618. The van der Waals surface area contributed by atoms with Crippen molar-refractivity contribution in [2.24, 2.45) is 5.92 Å². The number of hydrogen-bond donors (Lipinski definition) is 1. The molecule has 1 saturated heterocycles. The lowest BCUT2D eigenvalue weighted by Gasteiger charge is -2.31. The lowest BCUT2D eigenvalue weighted by molar-refractivity contribution is -0.385. The first-order valence-corrected chi connectivity index (χ1v) is 9.19. The first-order chi connectivity index (χ1) is 13.8. The highest BCUT2D eigenvalue weighted by Crippen LogP contribution is 2.19. The summed E-state index contributed by atoms with van der Waals surface area (Å²) in [5.74, 6) is -0.193. The second-order valence-electron chi connectivity index (χ2n) is 6.98. The monoisotopic (exact) mass is 399 g/mol. The number of nitrogens with zero attached hydrogens (tertiary/aromatic N) is 4. The maximum Gasteiger partial charge on any atom is 0.285 e. The Kier molecular flexibility index (Phi) is 6.01. The molecule has 152 valence electrons. The van der Waals surface area contributed by atoms with Crippen LogP contribution in [0.25, 0.3) is 0 Å². The second-order valence-corrected chi connectivity index (χ2v) is 6.98. The molecule has 0 unspecified atom stereocenters. The number of likely N-dealkylation sites (tertiary alicyclic amines) is 1. The molecular formula is C19H21N5O5. The molecule has 1 aliphatic rings. The number of aryl methyl sites for hydroxylation is 1. The van der Waals surface area contributed by atoms with Gasteiger partial charge in [0.2, 0.25) is 11.8 Å². The third-order valence-electron chi connectivity index (χ3n) is 4.87. The zero-order valence-corrected chi connectivity index (χ0v) is 15.9. The van der Waals surface area contributed by atoms with Gasteiger partial charge in [-0.3, -0.25) is 29.1 Å². The minimum absolute atomic E-state index is 0.136. The highest BCUT2D eigenvalue weighted by atomic mass is 16.6. The summed E-state index contributed by atoms with van der Waals surface area (Å²) in [6.07, 6.45) is 3.72. The Morgan fingerprint density at radius 1 is 1.24 bits per heavy atom. The van der Waals surface area contributed by atoms with Gasteiger partial charge in [-0.2, -0.15) is 0 Å². The smallest absolute Gasteiger partial charge is 0.285 e. The molecule has 0 radical (unpaired) electrons. The highest BCUT2D eigenvalue weighted by Gasteiger charge is 2.27. The minimum Gasteiger partial charge on any atom is -0.341 e. The summed E-state index contributed by atoms with van der Waals surface area (Å²) in [5.41, 5.74) is 0.263. The van der Waals surface area contributed by atoms with Gasteiger partial charge in [0.25, 0.3) is 11.2 Å². The van der Waals surface area contributed by atoms with Gasteiger partial charge in [-0.05, 0) is 31.4 Å². The zero-order valence-electron chi connectivity index (χ0n) is 15.9. The van der Waals surface area contributed by atoms with Gasteiger partial charge in [0.05, 0.1) is 11.1 Å². The van der Waals surface area contributed by atoms with Crippen LogP contribution in [-0.4, -0.2) is 44.3 Å². The van der Waals surface area contributed by atoms with Crippen LogP contribution in [-0.2, 0) is 16.1 Å². The van der Waals surface area contributed by atoms with Crippen LogP contribution < -0.4 is 10.9 Å². The first-order valence-electron chi connectivity index (χ1n) is 9.19. The molecule has 0 bridgehead atoms.